The zero-order valence-corrected chi connectivity index (χ0v) is 15.5. The average molecular weight is 441 g/mol. The Hall–Kier alpha value is -0.440. The average Bonchev–Trinajstić information content (AvgIpc) is 2.78. The van der Waals surface area contributed by atoms with Gasteiger partial charge in [-0.15, -0.1) is 0 Å². The summed E-state index contributed by atoms with van der Waals surface area (Å²) in [4.78, 5) is 11.6. The van der Waals surface area contributed by atoms with Crippen LogP contribution < -0.4 is 0 Å². The lowest BCUT2D eigenvalue weighted by Crippen LogP contribution is -2.50. The Balaban J connectivity index is 2.58. The Bertz CT molecular complexity index is 704. The van der Waals surface area contributed by atoms with Crippen molar-refractivity contribution in [2.45, 2.75) is 37.1 Å². The van der Waals surface area contributed by atoms with E-state index in [4.69, 9.17) is 0 Å². The minimum atomic E-state index is -3.89. The molecule has 21 heavy (non-hydrogen) atoms. The van der Waals surface area contributed by atoms with Gasteiger partial charge in [-0.25, -0.2) is 8.42 Å². The molecular formula is C13H15Br2NO4S. The highest BCUT2D eigenvalue weighted by Crippen LogP contribution is 2.38. The summed E-state index contributed by atoms with van der Waals surface area (Å²) in [6, 6.07) is 3.21. The van der Waals surface area contributed by atoms with Gasteiger partial charge < -0.3 is 5.11 Å². The molecule has 1 unspecified atom stereocenters. The predicted octanol–water partition coefficient (Wildman–Crippen LogP) is 3.15. The smallest absolute Gasteiger partial charge is 0.324 e. The van der Waals surface area contributed by atoms with Gasteiger partial charge in [0.25, 0.3) is 0 Å². The third-order valence-electron chi connectivity index (χ3n) is 3.82. The summed E-state index contributed by atoms with van der Waals surface area (Å²) in [6.07, 6.45) is 0.846. The maximum atomic E-state index is 12.9. The highest BCUT2D eigenvalue weighted by Gasteiger charge is 2.50. The molecule has 0 aliphatic carbocycles. The summed E-state index contributed by atoms with van der Waals surface area (Å²) in [5, 5.41) is 9.39. The molecule has 0 amide bonds. The first-order valence-corrected chi connectivity index (χ1v) is 9.35. The highest BCUT2D eigenvalue weighted by molar-refractivity contribution is 9.11. The first kappa shape index (κ1) is 16.9. The molecular weight excluding hydrogens is 426 g/mol. The quantitative estimate of drug-likeness (QED) is 0.783. The second-order valence-corrected chi connectivity index (χ2v) is 8.83. The summed E-state index contributed by atoms with van der Waals surface area (Å²) < 4.78 is 27.9. The number of carbonyl (C=O) groups is 1. The maximum Gasteiger partial charge on any atom is 0.324 e. The van der Waals surface area contributed by atoms with Gasteiger partial charge in [0.15, 0.2) is 0 Å². The summed E-state index contributed by atoms with van der Waals surface area (Å²) in [6.45, 7) is 3.52. The minimum Gasteiger partial charge on any atom is -0.480 e. The summed E-state index contributed by atoms with van der Waals surface area (Å²) in [5.74, 6) is -1.12. The summed E-state index contributed by atoms with van der Waals surface area (Å²) >= 11 is 6.58. The van der Waals surface area contributed by atoms with Gasteiger partial charge in [-0.3, -0.25) is 4.79 Å². The van der Waals surface area contributed by atoms with Crippen LogP contribution in [0.4, 0.5) is 0 Å². The highest BCUT2D eigenvalue weighted by atomic mass is 79.9. The number of aliphatic carboxylic acids is 1. The van der Waals surface area contributed by atoms with Crippen molar-refractivity contribution in [1.82, 2.24) is 4.31 Å². The molecule has 8 heteroatoms. The molecule has 116 valence electrons. The largest absolute Gasteiger partial charge is 0.480 e. The van der Waals surface area contributed by atoms with Gasteiger partial charge in [-0.05, 0) is 60.3 Å². The number of sulfonamides is 1. The molecule has 1 N–H and O–H groups in total. The van der Waals surface area contributed by atoms with E-state index in [0.29, 0.717) is 21.8 Å². The SMILES string of the molecule is Cc1cc(Br)c(S(=O)(=O)N2CCCC2(C)C(=O)O)cc1Br. The molecule has 1 aromatic rings. The van der Waals surface area contributed by atoms with Gasteiger partial charge in [-0.1, -0.05) is 15.9 Å². The third-order valence-corrected chi connectivity index (χ3v) is 7.65. The van der Waals surface area contributed by atoms with Gasteiger partial charge in [0.05, 0.1) is 4.90 Å². The van der Waals surface area contributed by atoms with Crippen LogP contribution in [0.5, 0.6) is 0 Å². The van der Waals surface area contributed by atoms with Gasteiger partial charge in [0.1, 0.15) is 5.54 Å². The Morgan fingerprint density at radius 1 is 1.33 bits per heavy atom. The second kappa shape index (κ2) is 5.64. The zero-order chi connectivity index (χ0) is 16.0. The van der Waals surface area contributed by atoms with E-state index in [2.05, 4.69) is 31.9 Å². The number of hydrogen-bond acceptors (Lipinski definition) is 3. The van der Waals surface area contributed by atoms with Crippen LogP contribution in [0.1, 0.15) is 25.3 Å². The van der Waals surface area contributed by atoms with Crippen molar-refractivity contribution in [3.8, 4) is 0 Å². The van der Waals surface area contributed by atoms with Crippen LogP contribution in [0.2, 0.25) is 0 Å². The molecule has 1 aliphatic heterocycles. The number of carboxylic acid groups (broad SMARTS) is 1. The van der Waals surface area contributed by atoms with Crippen LogP contribution in [-0.4, -0.2) is 35.9 Å². The number of carboxylic acids is 1. The van der Waals surface area contributed by atoms with E-state index in [9.17, 15) is 18.3 Å². The fourth-order valence-electron chi connectivity index (χ4n) is 2.48. The van der Waals surface area contributed by atoms with Crippen LogP contribution in [0.15, 0.2) is 26.0 Å². The van der Waals surface area contributed by atoms with Crippen molar-refractivity contribution in [3.05, 3.63) is 26.6 Å². The van der Waals surface area contributed by atoms with Crippen LogP contribution in [0.3, 0.4) is 0 Å². The van der Waals surface area contributed by atoms with E-state index < -0.39 is 21.5 Å². The van der Waals surface area contributed by atoms with Crippen molar-refractivity contribution in [3.63, 3.8) is 0 Å². The third kappa shape index (κ3) is 2.78. The van der Waals surface area contributed by atoms with E-state index in [0.717, 1.165) is 9.87 Å². The van der Waals surface area contributed by atoms with Crippen LogP contribution in [-0.2, 0) is 14.8 Å². The monoisotopic (exact) mass is 439 g/mol. The van der Waals surface area contributed by atoms with Gasteiger partial charge in [-0.2, -0.15) is 4.31 Å². The maximum absolute atomic E-state index is 12.9. The molecule has 1 heterocycles. The first-order chi connectivity index (χ1) is 9.60. The number of halogens is 2. The van der Waals surface area contributed by atoms with Gasteiger partial charge in [0.2, 0.25) is 10.0 Å². The molecule has 0 saturated carbocycles. The summed E-state index contributed by atoms with van der Waals surface area (Å²) in [5.41, 5.74) is -0.501. The van der Waals surface area contributed by atoms with E-state index in [1.807, 2.05) is 6.92 Å². The molecule has 1 aromatic carbocycles. The lowest BCUT2D eigenvalue weighted by Gasteiger charge is -2.30. The van der Waals surface area contributed by atoms with Crippen molar-refractivity contribution in [1.29, 1.82) is 0 Å². The van der Waals surface area contributed by atoms with Crippen molar-refractivity contribution < 1.29 is 18.3 Å². The molecule has 0 aromatic heterocycles. The Labute approximate surface area is 140 Å². The van der Waals surface area contributed by atoms with Gasteiger partial charge in [0, 0.05) is 15.5 Å². The van der Waals surface area contributed by atoms with Crippen LogP contribution in [0.25, 0.3) is 0 Å². The van der Waals surface area contributed by atoms with Crippen molar-refractivity contribution in [2.75, 3.05) is 6.54 Å². The second-order valence-electron chi connectivity index (χ2n) is 5.29. The summed E-state index contributed by atoms with van der Waals surface area (Å²) in [7, 11) is -3.89. The molecule has 1 fully saturated rings. The van der Waals surface area contributed by atoms with E-state index in [1.165, 1.54) is 13.0 Å². The molecule has 1 atom stereocenters. The topological polar surface area (TPSA) is 74.7 Å². The van der Waals surface area contributed by atoms with Crippen molar-refractivity contribution >= 4 is 47.9 Å². The van der Waals surface area contributed by atoms with E-state index in [1.54, 1.807) is 6.07 Å². The van der Waals surface area contributed by atoms with E-state index >= 15 is 0 Å². The minimum absolute atomic E-state index is 0.0781. The molecule has 0 bridgehead atoms. The molecule has 1 saturated heterocycles. The number of nitrogens with zero attached hydrogens (tertiary/aromatic N) is 1. The molecule has 5 nitrogen and oxygen atoms in total. The molecule has 0 radical (unpaired) electrons. The van der Waals surface area contributed by atoms with Crippen LogP contribution >= 0.6 is 31.9 Å². The molecule has 1 aliphatic rings. The number of benzene rings is 1. The Kier molecular flexibility index (Phi) is 4.55. The fraction of sp³-hybridized carbons (Fsp3) is 0.462. The lowest BCUT2D eigenvalue weighted by molar-refractivity contribution is -0.146. The normalized spacial score (nSPS) is 23.4. The number of aryl methyl sites for hydroxylation is 1. The van der Waals surface area contributed by atoms with Crippen molar-refractivity contribution in [2.24, 2.45) is 0 Å². The number of hydrogen-bond donors (Lipinski definition) is 1. The van der Waals surface area contributed by atoms with Crippen LogP contribution in [0, 0.1) is 6.92 Å². The predicted molar refractivity (Wildman–Crippen MR) is 85.7 cm³/mol. The Morgan fingerprint density at radius 2 is 1.95 bits per heavy atom. The van der Waals surface area contributed by atoms with Gasteiger partial charge >= 0.3 is 5.97 Å². The fourth-order valence-corrected chi connectivity index (χ4v) is 5.93. The first-order valence-electron chi connectivity index (χ1n) is 6.32. The number of rotatable bonds is 3. The Morgan fingerprint density at radius 3 is 2.52 bits per heavy atom. The molecule has 2 rings (SSSR count). The standard InChI is InChI=1S/C13H15Br2NO4S/c1-8-6-10(15)11(7-9(8)14)21(19,20)16-5-3-4-13(16,2)12(17)18/h6-7H,3-5H2,1-2H3,(H,17,18). The molecule has 0 spiro atoms. The zero-order valence-electron chi connectivity index (χ0n) is 11.6. The van der Waals surface area contributed by atoms with E-state index in [-0.39, 0.29) is 11.4 Å². The lowest BCUT2D eigenvalue weighted by atomic mass is 10.0.